The lowest BCUT2D eigenvalue weighted by atomic mass is 9.75. The van der Waals surface area contributed by atoms with Crippen LogP contribution in [0.4, 0.5) is 30.2 Å². The van der Waals surface area contributed by atoms with Gasteiger partial charge in [-0.3, -0.25) is 48.2 Å². The van der Waals surface area contributed by atoms with E-state index in [1.54, 1.807) is 31.3 Å². The molecular weight excluding hydrogens is 822 g/mol. The molecule has 4 N–H and O–H groups in total. The Balaban J connectivity index is 0.759. The first-order chi connectivity index (χ1) is 30.2. The number of nitrogens with zero attached hydrogens (tertiary/aromatic N) is 6. The van der Waals surface area contributed by atoms with Crippen molar-refractivity contribution >= 4 is 57.6 Å². The smallest absolute Gasteiger partial charge is 0.384 e. The van der Waals surface area contributed by atoms with Crippen LogP contribution in [0.15, 0.2) is 59.4 Å². The number of amides is 5. The highest BCUT2D eigenvalue weighted by atomic mass is 19.4. The third kappa shape index (κ3) is 7.40. The lowest BCUT2D eigenvalue weighted by molar-refractivity contribution is -0.138. The summed E-state index contributed by atoms with van der Waals surface area (Å²) in [5.41, 5.74) is -0.134. The van der Waals surface area contributed by atoms with Crippen LogP contribution in [0.1, 0.15) is 76.8 Å². The number of aromatic nitrogens is 2. The van der Waals surface area contributed by atoms with Crippen LogP contribution in [0.5, 0.6) is 0 Å². The van der Waals surface area contributed by atoms with Gasteiger partial charge in [-0.05, 0) is 93.1 Å². The summed E-state index contributed by atoms with van der Waals surface area (Å²) >= 11 is 0. The number of carbonyl (C=O) groups is 5. The molecule has 63 heavy (non-hydrogen) atoms. The fraction of sp³-hybridized carbons (Fsp3) is 0.432. The second-order valence-corrected chi connectivity index (χ2v) is 17.0. The molecule has 5 aliphatic rings. The fourth-order valence-electron chi connectivity index (χ4n) is 9.69. The zero-order valence-corrected chi connectivity index (χ0v) is 34.4. The van der Waals surface area contributed by atoms with Crippen molar-refractivity contribution in [2.75, 3.05) is 54.8 Å². The summed E-state index contributed by atoms with van der Waals surface area (Å²) < 4.78 is 43.9. The van der Waals surface area contributed by atoms with Crippen molar-refractivity contribution in [1.82, 2.24) is 29.6 Å². The number of hydrogen-bond donors (Lipinski definition) is 4. The maximum Gasteiger partial charge on any atom is 0.417 e. The number of aryl methyl sites for hydroxylation is 1. The molecular formula is C44H45F3N10O6. The number of halogens is 3. The van der Waals surface area contributed by atoms with Crippen molar-refractivity contribution in [2.24, 2.45) is 7.05 Å². The van der Waals surface area contributed by atoms with Crippen LogP contribution in [0.2, 0.25) is 0 Å². The van der Waals surface area contributed by atoms with Crippen LogP contribution in [0, 0.1) is 11.3 Å². The topological polar surface area (TPSA) is 194 Å². The first kappa shape index (κ1) is 41.8. The van der Waals surface area contributed by atoms with Crippen molar-refractivity contribution in [1.29, 1.82) is 5.26 Å². The molecule has 1 unspecified atom stereocenters. The van der Waals surface area contributed by atoms with Gasteiger partial charge in [-0.1, -0.05) is 0 Å². The molecule has 3 saturated heterocycles. The molecule has 19 heteroatoms. The van der Waals surface area contributed by atoms with E-state index in [1.165, 1.54) is 15.2 Å². The molecule has 16 nitrogen and oxygen atoms in total. The second-order valence-electron chi connectivity index (χ2n) is 17.0. The van der Waals surface area contributed by atoms with Crippen molar-refractivity contribution in [3.05, 3.63) is 87.3 Å². The van der Waals surface area contributed by atoms with Gasteiger partial charge >= 0.3 is 11.9 Å². The normalized spacial score (nSPS) is 20.6. The van der Waals surface area contributed by atoms with E-state index in [4.69, 9.17) is 0 Å². The monoisotopic (exact) mass is 866 g/mol. The van der Waals surface area contributed by atoms with E-state index in [9.17, 15) is 47.2 Å². The van der Waals surface area contributed by atoms with Crippen LogP contribution in [0.25, 0.3) is 11.0 Å². The zero-order chi connectivity index (χ0) is 44.4. The summed E-state index contributed by atoms with van der Waals surface area (Å²) in [6.07, 6.45) is -1.35. The molecule has 5 heterocycles. The number of hydrogen-bond acceptors (Lipinski definition) is 11. The highest BCUT2D eigenvalue weighted by Gasteiger charge is 2.49. The standard InChI is InChI=1S/C44H45F3N10O6/c1-53-36-21-30(6-8-34(36)57(42(53)63)43(13-2-14-43)41(62)51-27-4-3-25(22-48)33(20-27)44(45,46)47)54-17-11-29(12-18-54)55-23-28(24-55)50-16-15-49-26-5-7-31-32(19-26)40(61)56(39(31)60)35-9-10-37(58)52-38(35)59/h3-8,19-21,28-29,35,49-50H,2,9-18,23-24H2,1H3,(H,51,62)(H,52,58,59). The van der Waals surface area contributed by atoms with Crippen LogP contribution in [0.3, 0.4) is 0 Å². The molecule has 0 bridgehead atoms. The summed E-state index contributed by atoms with van der Waals surface area (Å²) in [5, 5.41) is 20.9. The van der Waals surface area contributed by atoms with E-state index < -0.39 is 58.4 Å². The van der Waals surface area contributed by atoms with Crippen LogP contribution in [-0.4, -0.2) is 106 Å². The molecule has 4 aromatic rings. The van der Waals surface area contributed by atoms with E-state index in [1.807, 2.05) is 18.2 Å². The van der Waals surface area contributed by atoms with Gasteiger partial charge in [0.05, 0.1) is 39.4 Å². The van der Waals surface area contributed by atoms with Crippen molar-refractivity contribution in [3.8, 4) is 6.07 Å². The average molecular weight is 867 g/mol. The summed E-state index contributed by atoms with van der Waals surface area (Å²) in [5.74, 6) is -2.72. The predicted octanol–water partition coefficient (Wildman–Crippen LogP) is 3.50. The molecule has 3 aromatic carbocycles. The Morgan fingerprint density at radius 2 is 1.62 bits per heavy atom. The first-order valence-electron chi connectivity index (χ1n) is 21.1. The number of piperidine rings is 2. The number of nitriles is 1. The van der Waals surface area contributed by atoms with E-state index in [-0.39, 0.29) is 35.3 Å². The molecule has 4 aliphatic heterocycles. The van der Waals surface area contributed by atoms with Gasteiger partial charge in [0.1, 0.15) is 11.6 Å². The number of imide groups is 2. The molecule has 1 aromatic heterocycles. The number of anilines is 3. The number of carbonyl (C=O) groups excluding carboxylic acids is 5. The maximum atomic E-state index is 13.8. The van der Waals surface area contributed by atoms with Gasteiger partial charge in [0, 0.05) is 81.9 Å². The average Bonchev–Trinajstić information content (AvgIpc) is 3.62. The molecule has 4 fully saturated rings. The Kier molecular flexibility index (Phi) is 10.6. The number of alkyl halides is 3. The summed E-state index contributed by atoms with van der Waals surface area (Å²) in [7, 11) is 1.65. The number of likely N-dealkylation sites (tertiary alicyclic amines) is 1. The van der Waals surface area contributed by atoms with Gasteiger partial charge in [0.15, 0.2) is 0 Å². The highest BCUT2D eigenvalue weighted by molar-refractivity contribution is 6.23. The molecule has 0 spiro atoms. The predicted molar refractivity (Wildman–Crippen MR) is 224 cm³/mol. The molecule has 328 valence electrons. The largest absolute Gasteiger partial charge is 0.417 e. The molecule has 1 aliphatic carbocycles. The Hall–Kier alpha value is -6.52. The Bertz CT molecular complexity index is 2670. The Morgan fingerprint density at radius 1 is 0.889 bits per heavy atom. The SMILES string of the molecule is Cn1c(=O)n(C2(C(=O)Nc3ccc(C#N)c(C(F)(F)F)c3)CCC2)c2ccc(N3CCC(N4CC(NCCNc5ccc6c(c5)C(=O)N(C5CCC(=O)NC5=O)C6=O)C4)CC3)cc21. The van der Waals surface area contributed by atoms with Gasteiger partial charge in [-0.15, -0.1) is 0 Å². The van der Waals surface area contributed by atoms with E-state index in [0.29, 0.717) is 61.2 Å². The zero-order valence-electron chi connectivity index (χ0n) is 34.4. The minimum atomic E-state index is -4.78. The van der Waals surface area contributed by atoms with Crippen LogP contribution in [-0.2, 0) is 33.1 Å². The van der Waals surface area contributed by atoms with Crippen LogP contribution >= 0.6 is 0 Å². The second kappa shape index (κ2) is 16.0. The van der Waals surface area contributed by atoms with E-state index in [0.717, 1.165) is 61.7 Å². The van der Waals surface area contributed by atoms with Crippen LogP contribution < -0.4 is 31.9 Å². The molecule has 1 saturated carbocycles. The Labute approximate surface area is 359 Å². The third-order valence-electron chi connectivity index (χ3n) is 13.4. The maximum absolute atomic E-state index is 13.8. The molecule has 1 atom stereocenters. The molecule has 5 amide bonds. The lowest BCUT2D eigenvalue weighted by Gasteiger charge is -2.47. The van der Waals surface area contributed by atoms with Crippen molar-refractivity contribution in [3.63, 3.8) is 0 Å². The number of fused-ring (bicyclic) bond motifs is 2. The third-order valence-corrected chi connectivity index (χ3v) is 13.4. The minimum Gasteiger partial charge on any atom is -0.384 e. The van der Waals surface area contributed by atoms with Gasteiger partial charge in [-0.2, -0.15) is 18.4 Å². The number of benzene rings is 3. The summed E-state index contributed by atoms with van der Waals surface area (Å²) in [6, 6.07) is 15.0. The number of rotatable bonds is 11. The highest BCUT2D eigenvalue weighted by Crippen LogP contribution is 2.42. The summed E-state index contributed by atoms with van der Waals surface area (Å²) in [4.78, 5) is 83.5. The van der Waals surface area contributed by atoms with Gasteiger partial charge < -0.3 is 20.9 Å². The fourth-order valence-corrected chi connectivity index (χ4v) is 9.69. The quantitative estimate of drug-likeness (QED) is 0.127. The van der Waals surface area contributed by atoms with Gasteiger partial charge in [-0.25, -0.2) is 4.79 Å². The van der Waals surface area contributed by atoms with Gasteiger partial charge in [0.25, 0.3) is 17.7 Å². The number of nitrogens with one attached hydrogen (secondary N) is 4. The van der Waals surface area contributed by atoms with E-state index in [2.05, 4.69) is 31.1 Å². The first-order valence-corrected chi connectivity index (χ1v) is 21.1. The number of imidazole rings is 1. The van der Waals surface area contributed by atoms with Crippen molar-refractivity contribution in [2.45, 2.75) is 74.8 Å². The molecule has 0 radical (unpaired) electrons. The summed E-state index contributed by atoms with van der Waals surface area (Å²) in [6.45, 7) is 4.75. The van der Waals surface area contributed by atoms with Gasteiger partial charge in [0.2, 0.25) is 11.8 Å². The lowest BCUT2D eigenvalue weighted by Crippen LogP contribution is -2.63. The molecule has 9 rings (SSSR count). The van der Waals surface area contributed by atoms with E-state index >= 15 is 0 Å². The Morgan fingerprint density at radius 3 is 2.30 bits per heavy atom. The van der Waals surface area contributed by atoms with Crippen molar-refractivity contribution < 1.29 is 37.1 Å². The minimum absolute atomic E-state index is 0.0616.